The summed E-state index contributed by atoms with van der Waals surface area (Å²) in [6, 6.07) is 0. The van der Waals surface area contributed by atoms with E-state index in [1.807, 2.05) is 20.8 Å². The molecule has 0 saturated carbocycles. The van der Waals surface area contributed by atoms with Crippen LogP contribution in [0.3, 0.4) is 0 Å². The van der Waals surface area contributed by atoms with E-state index in [0.29, 0.717) is 11.5 Å². The summed E-state index contributed by atoms with van der Waals surface area (Å²) in [4.78, 5) is 3.84. The van der Waals surface area contributed by atoms with Gasteiger partial charge in [0.25, 0.3) is 0 Å². The van der Waals surface area contributed by atoms with Crippen LogP contribution in [0.15, 0.2) is 17.3 Å². The first-order chi connectivity index (χ1) is 5.81. The van der Waals surface area contributed by atoms with Crippen molar-refractivity contribution in [1.82, 2.24) is 0 Å². The molecule has 4 heteroatoms. The average Bonchev–Trinajstić information content (AvgIpc) is 2.29. The molecule has 0 amide bonds. The van der Waals surface area contributed by atoms with Crippen molar-refractivity contribution < 1.29 is 8.42 Å². The van der Waals surface area contributed by atoms with Crippen LogP contribution in [0, 0.1) is 5.41 Å². The maximum Gasteiger partial charge on any atom is 0.192 e. The Kier molecular flexibility index (Phi) is 2.61. The lowest BCUT2D eigenvalue weighted by Crippen LogP contribution is -2.26. The maximum atomic E-state index is 11.7. The zero-order valence-electron chi connectivity index (χ0n) is 8.24. The SMILES string of the molecule is CC(C)(C)CS(=O)(=O)C1=NC=CC1. The molecular formula is C9H15NO2S. The number of sulfone groups is 1. The first-order valence-corrected chi connectivity index (χ1v) is 5.91. The number of hydrogen-bond acceptors (Lipinski definition) is 3. The normalized spacial score (nSPS) is 17.6. The Labute approximate surface area is 79.5 Å². The van der Waals surface area contributed by atoms with Gasteiger partial charge in [-0.1, -0.05) is 26.8 Å². The van der Waals surface area contributed by atoms with Crippen LogP contribution in [0.2, 0.25) is 0 Å². The van der Waals surface area contributed by atoms with E-state index >= 15 is 0 Å². The number of nitrogens with zero attached hydrogens (tertiary/aromatic N) is 1. The summed E-state index contributed by atoms with van der Waals surface area (Å²) in [5, 5.41) is 0.308. The van der Waals surface area contributed by atoms with E-state index in [0.717, 1.165) is 0 Å². The molecule has 0 aliphatic carbocycles. The third-order valence-corrected chi connectivity index (χ3v) is 3.83. The maximum absolute atomic E-state index is 11.7. The highest BCUT2D eigenvalue weighted by molar-refractivity contribution is 8.06. The minimum atomic E-state index is -3.13. The monoisotopic (exact) mass is 201 g/mol. The van der Waals surface area contributed by atoms with E-state index in [-0.39, 0.29) is 11.2 Å². The molecule has 1 aliphatic heterocycles. The smallest absolute Gasteiger partial charge is 0.192 e. The molecule has 0 radical (unpaired) electrons. The van der Waals surface area contributed by atoms with E-state index < -0.39 is 9.84 Å². The van der Waals surface area contributed by atoms with Gasteiger partial charge in [0, 0.05) is 12.6 Å². The number of hydrogen-bond donors (Lipinski definition) is 0. The standard InChI is InChI=1S/C9H15NO2S/c1-9(2,3)7-13(11,12)8-5-4-6-10-8/h4,6H,5,7H2,1-3H3. The fourth-order valence-electron chi connectivity index (χ4n) is 1.20. The minimum Gasteiger partial charge on any atom is -0.249 e. The molecule has 0 N–H and O–H groups in total. The van der Waals surface area contributed by atoms with Gasteiger partial charge in [0.2, 0.25) is 0 Å². The molecule has 0 saturated heterocycles. The summed E-state index contributed by atoms with van der Waals surface area (Å²) in [7, 11) is -3.13. The van der Waals surface area contributed by atoms with Crippen molar-refractivity contribution in [2.24, 2.45) is 10.4 Å². The molecule has 1 aliphatic rings. The summed E-state index contributed by atoms with van der Waals surface area (Å²) in [5.74, 6) is 0.167. The average molecular weight is 201 g/mol. The lowest BCUT2D eigenvalue weighted by molar-refractivity contribution is 0.465. The second-order valence-electron chi connectivity index (χ2n) is 4.43. The third-order valence-electron chi connectivity index (χ3n) is 1.60. The van der Waals surface area contributed by atoms with Crippen LogP contribution in [0.4, 0.5) is 0 Å². The molecule has 0 fully saturated rings. The Balaban J connectivity index is 2.79. The fraction of sp³-hybridized carbons (Fsp3) is 0.667. The van der Waals surface area contributed by atoms with Crippen molar-refractivity contribution >= 4 is 14.9 Å². The van der Waals surface area contributed by atoms with E-state index in [1.165, 1.54) is 0 Å². The topological polar surface area (TPSA) is 46.5 Å². The van der Waals surface area contributed by atoms with Crippen molar-refractivity contribution in [2.45, 2.75) is 27.2 Å². The van der Waals surface area contributed by atoms with E-state index in [1.54, 1.807) is 12.3 Å². The number of rotatable bonds is 1. The highest BCUT2D eigenvalue weighted by Gasteiger charge is 2.26. The van der Waals surface area contributed by atoms with Gasteiger partial charge in [0.15, 0.2) is 9.84 Å². The van der Waals surface area contributed by atoms with Gasteiger partial charge in [0.1, 0.15) is 5.04 Å². The first kappa shape index (κ1) is 10.4. The van der Waals surface area contributed by atoms with Crippen LogP contribution in [0.1, 0.15) is 27.2 Å². The van der Waals surface area contributed by atoms with Crippen molar-refractivity contribution in [2.75, 3.05) is 5.75 Å². The minimum absolute atomic E-state index is 0.167. The summed E-state index contributed by atoms with van der Waals surface area (Å²) < 4.78 is 23.4. The second kappa shape index (κ2) is 3.25. The molecule has 3 nitrogen and oxygen atoms in total. The largest absolute Gasteiger partial charge is 0.249 e. The summed E-state index contributed by atoms with van der Waals surface area (Å²) >= 11 is 0. The van der Waals surface area contributed by atoms with Gasteiger partial charge >= 0.3 is 0 Å². The molecule has 0 spiro atoms. The predicted molar refractivity (Wildman–Crippen MR) is 54.4 cm³/mol. The summed E-state index contributed by atoms with van der Waals surface area (Å²) in [5.41, 5.74) is -0.204. The molecule has 0 aromatic heterocycles. The van der Waals surface area contributed by atoms with Crippen LogP contribution in [0.5, 0.6) is 0 Å². The van der Waals surface area contributed by atoms with Crippen molar-refractivity contribution in [3.8, 4) is 0 Å². The highest BCUT2D eigenvalue weighted by atomic mass is 32.2. The number of allylic oxidation sites excluding steroid dienone is 1. The molecule has 0 unspecified atom stereocenters. The van der Waals surface area contributed by atoms with Crippen LogP contribution in [0.25, 0.3) is 0 Å². The van der Waals surface area contributed by atoms with Crippen molar-refractivity contribution in [3.05, 3.63) is 12.3 Å². The molecule has 0 atom stereocenters. The molecule has 74 valence electrons. The van der Waals surface area contributed by atoms with Crippen LogP contribution in [-0.4, -0.2) is 19.2 Å². The van der Waals surface area contributed by atoms with Gasteiger partial charge in [-0.15, -0.1) is 0 Å². The lowest BCUT2D eigenvalue weighted by Gasteiger charge is -2.17. The third kappa shape index (κ3) is 2.95. The van der Waals surface area contributed by atoms with Crippen LogP contribution < -0.4 is 0 Å². The van der Waals surface area contributed by atoms with Gasteiger partial charge < -0.3 is 0 Å². The zero-order chi connectivity index (χ0) is 10.1. The zero-order valence-corrected chi connectivity index (χ0v) is 9.06. The Morgan fingerprint density at radius 3 is 2.46 bits per heavy atom. The van der Waals surface area contributed by atoms with Gasteiger partial charge in [-0.05, 0) is 5.41 Å². The highest BCUT2D eigenvalue weighted by Crippen LogP contribution is 2.19. The Hall–Kier alpha value is -0.640. The van der Waals surface area contributed by atoms with Crippen LogP contribution in [-0.2, 0) is 9.84 Å². The fourth-order valence-corrected chi connectivity index (χ4v) is 3.08. The molecule has 13 heavy (non-hydrogen) atoms. The Bertz CT molecular complexity index is 344. The van der Waals surface area contributed by atoms with Gasteiger partial charge in [-0.3, -0.25) is 0 Å². The lowest BCUT2D eigenvalue weighted by atomic mass is 10.0. The van der Waals surface area contributed by atoms with Crippen molar-refractivity contribution in [1.29, 1.82) is 0 Å². The van der Waals surface area contributed by atoms with Crippen molar-refractivity contribution in [3.63, 3.8) is 0 Å². The Morgan fingerprint density at radius 1 is 1.46 bits per heavy atom. The van der Waals surface area contributed by atoms with E-state index in [4.69, 9.17) is 0 Å². The summed E-state index contributed by atoms with van der Waals surface area (Å²) in [6.07, 6.45) is 3.77. The van der Waals surface area contributed by atoms with Gasteiger partial charge in [0.05, 0.1) is 5.75 Å². The molecule has 0 aromatic carbocycles. The van der Waals surface area contributed by atoms with E-state index in [2.05, 4.69) is 4.99 Å². The number of aliphatic imine (C=N–C) groups is 1. The second-order valence-corrected chi connectivity index (χ2v) is 6.42. The molecule has 0 bridgehead atoms. The Morgan fingerprint density at radius 2 is 2.08 bits per heavy atom. The quantitative estimate of drug-likeness (QED) is 0.649. The molecule has 0 aromatic rings. The summed E-state index contributed by atoms with van der Waals surface area (Å²) in [6.45, 7) is 5.73. The van der Waals surface area contributed by atoms with Gasteiger partial charge in [-0.2, -0.15) is 0 Å². The van der Waals surface area contributed by atoms with Gasteiger partial charge in [-0.25, -0.2) is 13.4 Å². The first-order valence-electron chi connectivity index (χ1n) is 4.26. The molecular weight excluding hydrogens is 186 g/mol. The van der Waals surface area contributed by atoms with E-state index in [9.17, 15) is 8.42 Å². The predicted octanol–water partition coefficient (Wildman–Crippen LogP) is 1.76. The van der Waals surface area contributed by atoms with Crippen LogP contribution >= 0.6 is 0 Å². The molecule has 1 heterocycles. The molecule has 1 rings (SSSR count).